The molecular formula is C28H35Cl2N3O2. The standard InChI is InChI=1S/C28H33N3O2.2ClH/c1-33-27-15-8-7-14-26(27)31-20-18-30(19-21-31)17-9-16-29-28(32)25-13-6-5-12-24(25)22-23-10-3-2-4-11-23;;/h2-8,10-15H,9,16-22H2,1H3,(H,29,32);2*1H. The first-order valence-corrected chi connectivity index (χ1v) is 11.7. The molecule has 0 saturated carbocycles. The average Bonchev–Trinajstić information content (AvgIpc) is 2.88. The number of carbonyl (C=O) groups excluding carboxylic acids is 1. The van der Waals surface area contributed by atoms with Gasteiger partial charge in [-0.15, -0.1) is 24.8 Å². The van der Waals surface area contributed by atoms with Crippen LogP contribution in [0, 0.1) is 0 Å². The van der Waals surface area contributed by atoms with Gasteiger partial charge in [-0.05, 0) is 48.7 Å². The fraction of sp³-hybridized carbons (Fsp3) is 0.321. The molecule has 1 N–H and O–H groups in total. The van der Waals surface area contributed by atoms with Crippen molar-refractivity contribution < 1.29 is 9.53 Å². The lowest BCUT2D eigenvalue weighted by atomic mass is 9.99. The van der Waals surface area contributed by atoms with E-state index in [0.29, 0.717) is 6.54 Å². The van der Waals surface area contributed by atoms with Crippen molar-refractivity contribution in [2.45, 2.75) is 12.8 Å². The highest BCUT2D eigenvalue weighted by molar-refractivity contribution is 5.95. The Kier molecular flexibility index (Phi) is 11.9. The van der Waals surface area contributed by atoms with Gasteiger partial charge in [0.1, 0.15) is 5.75 Å². The predicted octanol–water partition coefficient (Wildman–Crippen LogP) is 5.07. The second-order valence-corrected chi connectivity index (χ2v) is 8.43. The van der Waals surface area contributed by atoms with E-state index in [-0.39, 0.29) is 30.7 Å². The third-order valence-corrected chi connectivity index (χ3v) is 6.23. The molecule has 0 spiro atoms. The van der Waals surface area contributed by atoms with Crippen molar-refractivity contribution in [1.82, 2.24) is 10.2 Å². The number of hydrogen-bond donors (Lipinski definition) is 1. The number of hydrogen-bond acceptors (Lipinski definition) is 4. The molecule has 1 aliphatic rings. The van der Waals surface area contributed by atoms with E-state index in [9.17, 15) is 4.79 Å². The highest BCUT2D eigenvalue weighted by Crippen LogP contribution is 2.28. The highest BCUT2D eigenvalue weighted by Gasteiger charge is 2.19. The minimum Gasteiger partial charge on any atom is -0.495 e. The van der Waals surface area contributed by atoms with Gasteiger partial charge in [0.15, 0.2) is 0 Å². The molecule has 7 heteroatoms. The van der Waals surface area contributed by atoms with Crippen LogP contribution in [-0.2, 0) is 6.42 Å². The van der Waals surface area contributed by atoms with Crippen LogP contribution in [0.5, 0.6) is 5.75 Å². The second-order valence-electron chi connectivity index (χ2n) is 8.43. The Morgan fingerprint density at radius 1 is 0.857 bits per heavy atom. The van der Waals surface area contributed by atoms with Crippen molar-refractivity contribution in [3.05, 3.63) is 95.6 Å². The molecule has 188 valence electrons. The average molecular weight is 517 g/mol. The molecule has 1 heterocycles. The van der Waals surface area contributed by atoms with Gasteiger partial charge in [-0.1, -0.05) is 60.7 Å². The molecule has 5 nitrogen and oxygen atoms in total. The van der Waals surface area contributed by atoms with Crippen molar-refractivity contribution in [2.75, 3.05) is 51.3 Å². The Balaban J connectivity index is 0.00000216. The summed E-state index contributed by atoms with van der Waals surface area (Å²) >= 11 is 0. The molecule has 0 atom stereocenters. The van der Waals surface area contributed by atoms with Crippen LogP contribution in [0.25, 0.3) is 0 Å². The third-order valence-electron chi connectivity index (χ3n) is 6.23. The maximum Gasteiger partial charge on any atom is 0.251 e. The summed E-state index contributed by atoms with van der Waals surface area (Å²) < 4.78 is 5.51. The quantitative estimate of drug-likeness (QED) is 0.404. The van der Waals surface area contributed by atoms with Gasteiger partial charge >= 0.3 is 0 Å². The van der Waals surface area contributed by atoms with Gasteiger partial charge in [-0.2, -0.15) is 0 Å². The van der Waals surface area contributed by atoms with Gasteiger partial charge in [0, 0.05) is 38.3 Å². The minimum absolute atomic E-state index is 0. The van der Waals surface area contributed by atoms with Gasteiger partial charge in [-0.25, -0.2) is 0 Å². The number of amides is 1. The molecule has 1 aliphatic heterocycles. The Hall–Kier alpha value is -2.73. The van der Waals surface area contributed by atoms with Crippen LogP contribution in [0.15, 0.2) is 78.9 Å². The zero-order valence-electron chi connectivity index (χ0n) is 20.2. The normalized spacial score (nSPS) is 13.3. The number of anilines is 1. The molecule has 1 fully saturated rings. The lowest BCUT2D eigenvalue weighted by Crippen LogP contribution is -2.47. The van der Waals surface area contributed by atoms with Crippen molar-refractivity contribution >= 4 is 36.4 Å². The van der Waals surface area contributed by atoms with Crippen LogP contribution in [0.1, 0.15) is 27.9 Å². The number of ether oxygens (including phenoxy) is 1. The summed E-state index contributed by atoms with van der Waals surface area (Å²) in [6.45, 7) is 5.69. The van der Waals surface area contributed by atoms with Crippen LogP contribution in [0.3, 0.4) is 0 Å². The molecule has 0 aromatic heterocycles. The molecule has 0 bridgehead atoms. The number of halogens is 2. The first-order chi connectivity index (χ1) is 16.2. The summed E-state index contributed by atoms with van der Waals surface area (Å²) in [5, 5.41) is 3.12. The van der Waals surface area contributed by atoms with E-state index in [1.807, 2.05) is 54.6 Å². The van der Waals surface area contributed by atoms with Crippen LogP contribution >= 0.6 is 24.8 Å². The number of benzene rings is 3. The highest BCUT2D eigenvalue weighted by atomic mass is 35.5. The zero-order chi connectivity index (χ0) is 22.9. The van der Waals surface area contributed by atoms with Crippen molar-refractivity contribution in [3.8, 4) is 5.75 Å². The lowest BCUT2D eigenvalue weighted by Gasteiger charge is -2.36. The molecule has 1 saturated heterocycles. The lowest BCUT2D eigenvalue weighted by molar-refractivity contribution is 0.0950. The molecule has 3 aromatic carbocycles. The van der Waals surface area contributed by atoms with E-state index in [1.165, 1.54) is 11.3 Å². The minimum atomic E-state index is 0. The topological polar surface area (TPSA) is 44.8 Å². The maximum absolute atomic E-state index is 12.8. The number of methoxy groups -OCH3 is 1. The summed E-state index contributed by atoms with van der Waals surface area (Å²) in [6.07, 6.45) is 1.71. The molecule has 4 rings (SSSR count). The first kappa shape index (κ1) is 28.5. The van der Waals surface area contributed by atoms with Crippen molar-refractivity contribution in [2.24, 2.45) is 0 Å². The van der Waals surface area contributed by atoms with Crippen LogP contribution in [0.4, 0.5) is 5.69 Å². The van der Waals surface area contributed by atoms with Crippen molar-refractivity contribution in [1.29, 1.82) is 0 Å². The molecule has 0 unspecified atom stereocenters. The van der Waals surface area contributed by atoms with E-state index in [1.54, 1.807) is 7.11 Å². The van der Waals surface area contributed by atoms with Crippen LogP contribution in [-0.4, -0.2) is 57.2 Å². The second kappa shape index (κ2) is 14.6. The number of piperazine rings is 1. The Labute approximate surface area is 221 Å². The first-order valence-electron chi connectivity index (χ1n) is 11.7. The summed E-state index contributed by atoms with van der Waals surface area (Å²) in [5.41, 5.74) is 4.21. The third kappa shape index (κ3) is 7.89. The van der Waals surface area contributed by atoms with Gasteiger partial charge in [0.25, 0.3) is 5.91 Å². The maximum atomic E-state index is 12.8. The molecular weight excluding hydrogens is 481 g/mol. The van der Waals surface area contributed by atoms with E-state index in [0.717, 1.165) is 62.4 Å². The fourth-order valence-corrected chi connectivity index (χ4v) is 4.41. The molecule has 3 aromatic rings. The molecule has 0 aliphatic carbocycles. The van der Waals surface area contributed by atoms with Crippen molar-refractivity contribution in [3.63, 3.8) is 0 Å². The van der Waals surface area contributed by atoms with Gasteiger partial charge < -0.3 is 15.0 Å². The number of nitrogens with zero attached hydrogens (tertiary/aromatic N) is 2. The number of rotatable bonds is 9. The molecule has 35 heavy (non-hydrogen) atoms. The largest absolute Gasteiger partial charge is 0.495 e. The number of carbonyl (C=O) groups is 1. The summed E-state index contributed by atoms with van der Waals surface area (Å²) in [4.78, 5) is 17.7. The van der Waals surface area contributed by atoms with E-state index in [2.05, 4.69) is 39.4 Å². The number of para-hydroxylation sites is 2. The predicted molar refractivity (Wildman–Crippen MR) is 149 cm³/mol. The Morgan fingerprint density at radius 3 is 2.26 bits per heavy atom. The summed E-state index contributed by atoms with van der Waals surface area (Å²) in [5.74, 6) is 0.948. The SMILES string of the molecule is COc1ccccc1N1CCN(CCCNC(=O)c2ccccc2Cc2ccccc2)CC1.Cl.Cl. The summed E-state index contributed by atoms with van der Waals surface area (Å²) in [6, 6.07) is 26.4. The van der Waals surface area contributed by atoms with E-state index >= 15 is 0 Å². The summed E-state index contributed by atoms with van der Waals surface area (Å²) in [7, 11) is 1.73. The van der Waals surface area contributed by atoms with Crippen LogP contribution in [0.2, 0.25) is 0 Å². The van der Waals surface area contributed by atoms with E-state index < -0.39 is 0 Å². The molecule has 0 radical (unpaired) electrons. The van der Waals surface area contributed by atoms with Gasteiger partial charge in [0.05, 0.1) is 12.8 Å². The van der Waals surface area contributed by atoms with E-state index in [4.69, 9.17) is 4.74 Å². The smallest absolute Gasteiger partial charge is 0.251 e. The van der Waals surface area contributed by atoms with Gasteiger partial charge in [-0.3, -0.25) is 9.69 Å². The Morgan fingerprint density at radius 2 is 1.51 bits per heavy atom. The number of nitrogens with one attached hydrogen (secondary N) is 1. The Bertz CT molecular complexity index is 1040. The molecule has 1 amide bonds. The zero-order valence-corrected chi connectivity index (χ0v) is 21.8. The fourth-order valence-electron chi connectivity index (χ4n) is 4.41. The monoisotopic (exact) mass is 515 g/mol. The van der Waals surface area contributed by atoms with Gasteiger partial charge in [0.2, 0.25) is 0 Å². The van der Waals surface area contributed by atoms with Crippen LogP contribution < -0.4 is 15.0 Å².